The van der Waals surface area contributed by atoms with Gasteiger partial charge in [-0.25, -0.2) is 0 Å². The van der Waals surface area contributed by atoms with E-state index in [1.54, 1.807) is 22.7 Å². The Labute approximate surface area is 141 Å². The van der Waals surface area contributed by atoms with Crippen LogP contribution >= 0.6 is 0 Å². The van der Waals surface area contributed by atoms with Crippen molar-refractivity contribution >= 4 is 23.1 Å². The second-order valence-electron chi connectivity index (χ2n) is 5.54. The van der Waals surface area contributed by atoms with Gasteiger partial charge in [0.05, 0.1) is 12.2 Å². The Morgan fingerprint density at radius 2 is 1.88 bits per heavy atom. The molecule has 1 atom stereocenters. The number of aliphatic hydroxyl groups excluding tert-OH is 1. The van der Waals surface area contributed by atoms with Crippen LogP contribution in [-0.4, -0.2) is 32.4 Å². The molecule has 0 aliphatic rings. The average molecular weight is 351 g/mol. The second kappa shape index (κ2) is 6.60. The van der Waals surface area contributed by atoms with E-state index in [1.807, 2.05) is 6.92 Å². The Hall–Kier alpha value is -2.81. The number of hydrogen-bond donors (Lipinski definition) is 3. The number of halogens is 3. The van der Waals surface area contributed by atoms with E-state index in [4.69, 9.17) is 5.11 Å². The van der Waals surface area contributed by atoms with E-state index in [9.17, 15) is 13.2 Å². The summed E-state index contributed by atoms with van der Waals surface area (Å²) in [5.41, 5.74) is 0.289. The lowest BCUT2D eigenvalue weighted by molar-refractivity contribution is -0.137. The molecular weight excluding hydrogens is 335 g/mol. The van der Waals surface area contributed by atoms with E-state index in [1.165, 1.54) is 12.1 Å². The summed E-state index contributed by atoms with van der Waals surface area (Å²) in [5, 5.41) is 19.4. The van der Waals surface area contributed by atoms with Gasteiger partial charge in [-0.15, -0.1) is 5.10 Å². The van der Waals surface area contributed by atoms with Gasteiger partial charge in [-0.2, -0.15) is 22.7 Å². The van der Waals surface area contributed by atoms with Gasteiger partial charge in [-0.1, -0.05) is 6.07 Å². The molecule has 0 aliphatic heterocycles. The summed E-state index contributed by atoms with van der Waals surface area (Å²) >= 11 is 0. The number of pyridine rings is 1. The normalized spacial score (nSPS) is 13.0. The molecule has 6 nitrogen and oxygen atoms in total. The summed E-state index contributed by atoms with van der Waals surface area (Å²) in [6, 6.07) is 9.79. The summed E-state index contributed by atoms with van der Waals surface area (Å²) in [4.78, 5) is 4.29. The molecule has 0 saturated carbocycles. The third-order valence-corrected chi connectivity index (χ3v) is 3.50. The number of fused-ring (bicyclic) bond motifs is 1. The van der Waals surface area contributed by atoms with Crippen molar-refractivity contribution in [3.05, 3.63) is 48.0 Å². The quantitative estimate of drug-likeness (QED) is 0.658. The van der Waals surface area contributed by atoms with Gasteiger partial charge in [0.15, 0.2) is 5.65 Å². The standard InChI is InChI=1S/C16H16F3N5O/c1-10(9-25)20-13-3-2-4-14-22-15(23-24(13)14)21-12-7-5-11(6-8-12)16(17,18)19/h2-8,10,20,25H,9H2,1H3,(H,21,23). The second-order valence-corrected chi connectivity index (χ2v) is 5.54. The lowest BCUT2D eigenvalue weighted by Crippen LogP contribution is -2.21. The fourth-order valence-corrected chi connectivity index (χ4v) is 2.24. The number of aliphatic hydroxyl groups is 1. The molecule has 0 aliphatic carbocycles. The van der Waals surface area contributed by atoms with Crippen LogP contribution in [0.1, 0.15) is 12.5 Å². The SMILES string of the molecule is CC(CO)Nc1cccc2nc(Nc3ccc(C(F)(F)F)cc3)nn12. The first-order valence-corrected chi connectivity index (χ1v) is 7.54. The number of benzene rings is 1. The van der Waals surface area contributed by atoms with E-state index in [-0.39, 0.29) is 18.6 Å². The van der Waals surface area contributed by atoms with E-state index >= 15 is 0 Å². The highest BCUT2D eigenvalue weighted by Crippen LogP contribution is 2.30. The van der Waals surface area contributed by atoms with Gasteiger partial charge in [-0.3, -0.25) is 0 Å². The number of aromatic nitrogens is 3. The molecule has 0 radical (unpaired) electrons. The molecule has 0 bridgehead atoms. The number of rotatable bonds is 5. The molecule has 0 saturated heterocycles. The molecule has 2 heterocycles. The van der Waals surface area contributed by atoms with Gasteiger partial charge in [0.25, 0.3) is 0 Å². The smallest absolute Gasteiger partial charge is 0.394 e. The maximum atomic E-state index is 12.6. The fourth-order valence-electron chi connectivity index (χ4n) is 2.24. The van der Waals surface area contributed by atoms with Crippen LogP contribution < -0.4 is 10.6 Å². The van der Waals surface area contributed by atoms with Gasteiger partial charge in [0, 0.05) is 11.7 Å². The summed E-state index contributed by atoms with van der Waals surface area (Å²) in [5.74, 6) is 0.901. The highest BCUT2D eigenvalue weighted by molar-refractivity contribution is 5.58. The first-order valence-electron chi connectivity index (χ1n) is 7.54. The molecule has 1 unspecified atom stereocenters. The van der Waals surface area contributed by atoms with Gasteiger partial charge in [-0.05, 0) is 43.3 Å². The number of nitrogens with zero attached hydrogens (tertiary/aromatic N) is 3. The van der Waals surface area contributed by atoms with Gasteiger partial charge in [0.2, 0.25) is 5.95 Å². The van der Waals surface area contributed by atoms with Crippen molar-refractivity contribution in [2.45, 2.75) is 19.1 Å². The van der Waals surface area contributed by atoms with Gasteiger partial charge < -0.3 is 15.7 Å². The number of anilines is 3. The molecule has 9 heteroatoms. The van der Waals surface area contributed by atoms with Crippen molar-refractivity contribution in [3.8, 4) is 0 Å². The highest BCUT2D eigenvalue weighted by atomic mass is 19.4. The number of nitrogens with one attached hydrogen (secondary N) is 2. The molecular formula is C16H16F3N5O. The minimum absolute atomic E-state index is 0.0399. The Balaban J connectivity index is 1.83. The zero-order chi connectivity index (χ0) is 18.0. The Bertz CT molecular complexity index is 860. The Morgan fingerprint density at radius 1 is 1.16 bits per heavy atom. The predicted octanol–water partition coefficient (Wildman–Crippen LogP) is 3.28. The van der Waals surface area contributed by atoms with Crippen LogP contribution in [0.3, 0.4) is 0 Å². The maximum absolute atomic E-state index is 12.6. The first-order chi connectivity index (χ1) is 11.9. The molecule has 0 spiro atoms. The lowest BCUT2D eigenvalue weighted by Gasteiger charge is -2.12. The largest absolute Gasteiger partial charge is 0.416 e. The van der Waals surface area contributed by atoms with Crippen molar-refractivity contribution < 1.29 is 18.3 Å². The van der Waals surface area contributed by atoms with E-state index in [0.717, 1.165) is 12.1 Å². The van der Waals surface area contributed by atoms with Crippen LogP contribution in [0.4, 0.5) is 30.6 Å². The summed E-state index contributed by atoms with van der Waals surface area (Å²) < 4.78 is 39.3. The molecule has 0 fully saturated rings. The van der Waals surface area contributed by atoms with E-state index in [2.05, 4.69) is 20.7 Å². The molecule has 2 aromatic heterocycles. The third-order valence-electron chi connectivity index (χ3n) is 3.50. The zero-order valence-electron chi connectivity index (χ0n) is 13.2. The molecule has 25 heavy (non-hydrogen) atoms. The van der Waals surface area contributed by atoms with E-state index in [0.29, 0.717) is 17.2 Å². The minimum atomic E-state index is -4.37. The molecule has 132 valence electrons. The van der Waals surface area contributed by atoms with E-state index < -0.39 is 11.7 Å². The van der Waals surface area contributed by atoms with Crippen molar-refractivity contribution in [2.24, 2.45) is 0 Å². The molecule has 0 amide bonds. The van der Waals surface area contributed by atoms with Crippen LogP contribution in [0.2, 0.25) is 0 Å². The summed E-state index contributed by atoms with van der Waals surface area (Å²) in [6.45, 7) is 1.78. The monoisotopic (exact) mass is 351 g/mol. The number of alkyl halides is 3. The molecule has 3 rings (SSSR count). The summed E-state index contributed by atoms with van der Waals surface area (Å²) in [6.07, 6.45) is -4.37. The Morgan fingerprint density at radius 3 is 2.52 bits per heavy atom. The molecule has 3 N–H and O–H groups in total. The first kappa shape index (κ1) is 17.0. The number of hydrogen-bond acceptors (Lipinski definition) is 5. The maximum Gasteiger partial charge on any atom is 0.416 e. The minimum Gasteiger partial charge on any atom is -0.394 e. The fraction of sp³-hybridized carbons (Fsp3) is 0.250. The Kier molecular flexibility index (Phi) is 4.49. The average Bonchev–Trinajstić information content (AvgIpc) is 2.98. The lowest BCUT2D eigenvalue weighted by atomic mass is 10.2. The van der Waals surface area contributed by atoms with Crippen LogP contribution in [0.25, 0.3) is 5.65 Å². The van der Waals surface area contributed by atoms with Crippen LogP contribution in [0.15, 0.2) is 42.5 Å². The topological polar surface area (TPSA) is 74.5 Å². The molecule has 1 aromatic carbocycles. The highest BCUT2D eigenvalue weighted by Gasteiger charge is 2.29. The van der Waals surface area contributed by atoms with Gasteiger partial charge >= 0.3 is 6.18 Å². The van der Waals surface area contributed by atoms with Crippen molar-refractivity contribution in [2.75, 3.05) is 17.2 Å². The van der Waals surface area contributed by atoms with Crippen molar-refractivity contribution in [1.82, 2.24) is 14.6 Å². The predicted molar refractivity (Wildman–Crippen MR) is 87.9 cm³/mol. The third kappa shape index (κ3) is 3.82. The van der Waals surface area contributed by atoms with Crippen LogP contribution in [-0.2, 0) is 6.18 Å². The zero-order valence-corrected chi connectivity index (χ0v) is 13.2. The van der Waals surface area contributed by atoms with Crippen molar-refractivity contribution in [3.63, 3.8) is 0 Å². The van der Waals surface area contributed by atoms with Crippen LogP contribution in [0.5, 0.6) is 0 Å². The van der Waals surface area contributed by atoms with Gasteiger partial charge in [0.1, 0.15) is 5.82 Å². The van der Waals surface area contributed by atoms with Crippen LogP contribution in [0, 0.1) is 0 Å². The van der Waals surface area contributed by atoms with Crippen molar-refractivity contribution in [1.29, 1.82) is 0 Å². The summed E-state index contributed by atoms with van der Waals surface area (Å²) in [7, 11) is 0. The molecule has 3 aromatic rings.